The van der Waals surface area contributed by atoms with Crippen molar-refractivity contribution >= 4 is 16.6 Å². The molecule has 0 saturated carbocycles. The van der Waals surface area contributed by atoms with Crippen molar-refractivity contribution in [3.63, 3.8) is 0 Å². The molecular formula is C27H33NO5. The Hall–Kier alpha value is -3.09. The molecule has 0 saturated heterocycles. The Labute approximate surface area is 195 Å². The van der Waals surface area contributed by atoms with Gasteiger partial charge in [0.25, 0.3) is 0 Å². The molecule has 0 heterocycles. The van der Waals surface area contributed by atoms with E-state index < -0.39 is 0 Å². The largest absolute Gasteiger partial charge is 0.508 e. The van der Waals surface area contributed by atoms with Gasteiger partial charge >= 0.3 is 0 Å². The van der Waals surface area contributed by atoms with Crippen LogP contribution in [-0.2, 0) is 22.6 Å². The van der Waals surface area contributed by atoms with E-state index >= 15 is 0 Å². The Bertz CT molecular complexity index is 1070. The molecule has 6 nitrogen and oxygen atoms in total. The SMILES string of the molecule is CCCC(CC(=O)CCc1ccc(O)c(OCc2ccc3cc(O)ccc3c2)c1)OCNC. The van der Waals surface area contributed by atoms with Crippen LogP contribution in [0.1, 0.15) is 43.7 Å². The molecule has 33 heavy (non-hydrogen) atoms. The van der Waals surface area contributed by atoms with E-state index in [4.69, 9.17) is 9.47 Å². The van der Waals surface area contributed by atoms with E-state index in [0.717, 1.165) is 34.7 Å². The molecule has 0 radical (unpaired) electrons. The zero-order valence-electron chi connectivity index (χ0n) is 19.3. The molecule has 0 aromatic heterocycles. The fourth-order valence-electron chi connectivity index (χ4n) is 3.77. The van der Waals surface area contributed by atoms with Gasteiger partial charge in [-0.15, -0.1) is 0 Å². The Kier molecular flexibility index (Phi) is 9.10. The van der Waals surface area contributed by atoms with E-state index in [0.29, 0.717) is 38.3 Å². The fraction of sp³-hybridized carbons (Fsp3) is 0.370. The number of Topliss-reactive ketones (excluding diaryl/α,β-unsaturated/α-hetero) is 1. The van der Waals surface area contributed by atoms with E-state index in [1.165, 1.54) is 0 Å². The summed E-state index contributed by atoms with van der Waals surface area (Å²) in [4.78, 5) is 12.5. The van der Waals surface area contributed by atoms with E-state index in [-0.39, 0.29) is 23.4 Å². The third-order valence-corrected chi connectivity index (χ3v) is 5.53. The lowest BCUT2D eigenvalue weighted by Gasteiger charge is -2.16. The number of aromatic hydroxyl groups is 2. The smallest absolute Gasteiger partial charge is 0.161 e. The molecule has 176 valence electrons. The summed E-state index contributed by atoms with van der Waals surface area (Å²) in [5, 5.41) is 24.7. The van der Waals surface area contributed by atoms with Gasteiger partial charge in [0.2, 0.25) is 0 Å². The number of nitrogens with one attached hydrogen (secondary N) is 1. The molecular weight excluding hydrogens is 418 g/mol. The van der Waals surface area contributed by atoms with Gasteiger partial charge in [-0.1, -0.05) is 37.6 Å². The molecule has 0 fully saturated rings. The normalized spacial score (nSPS) is 12.1. The number of carbonyl (C=O) groups is 1. The number of carbonyl (C=O) groups excluding carboxylic acids is 1. The van der Waals surface area contributed by atoms with Gasteiger partial charge in [-0.2, -0.15) is 0 Å². The van der Waals surface area contributed by atoms with E-state index in [2.05, 4.69) is 12.2 Å². The highest BCUT2D eigenvalue weighted by atomic mass is 16.5. The van der Waals surface area contributed by atoms with Gasteiger partial charge in [0.1, 0.15) is 18.1 Å². The second kappa shape index (κ2) is 12.2. The maximum Gasteiger partial charge on any atom is 0.161 e. The first kappa shape index (κ1) is 24.6. The number of aryl methyl sites for hydroxylation is 1. The first-order chi connectivity index (χ1) is 16.0. The van der Waals surface area contributed by atoms with E-state index in [1.54, 1.807) is 24.3 Å². The van der Waals surface area contributed by atoms with Crippen LogP contribution in [0.4, 0.5) is 0 Å². The molecule has 0 bridgehead atoms. The lowest BCUT2D eigenvalue weighted by molar-refractivity contribution is -0.122. The lowest BCUT2D eigenvalue weighted by atomic mass is 10.0. The predicted octanol–water partition coefficient (Wildman–Crippen LogP) is 5.08. The minimum atomic E-state index is -0.0559. The molecule has 0 spiro atoms. The monoisotopic (exact) mass is 451 g/mol. The zero-order valence-corrected chi connectivity index (χ0v) is 19.3. The van der Waals surface area contributed by atoms with Crippen LogP contribution in [0.3, 0.4) is 0 Å². The molecule has 0 aliphatic heterocycles. The minimum absolute atomic E-state index is 0.0559. The van der Waals surface area contributed by atoms with Crippen LogP contribution in [0.5, 0.6) is 17.2 Å². The lowest BCUT2D eigenvalue weighted by Crippen LogP contribution is -2.23. The summed E-state index contributed by atoms with van der Waals surface area (Å²) in [6.45, 7) is 2.82. The molecule has 6 heteroatoms. The Morgan fingerprint density at radius 3 is 2.55 bits per heavy atom. The number of benzene rings is 3. The summed E-state index contributed by atoms with van der Waals surface area (Å²) in [6, 6.07) is 16.3. The van der Waals surface area contributed by atoms with Crippen molar-refractivity contribution in [1.29, 1.82) is 0 Å². The van der Waals surface area contributed by atoms with Gasteiger partial charge in [0.15, 0.2) is 11.5 Å². The highest BCUT2D eigenvalue weighted by Gasteiger charge is 2.14. The van der Waals surface area contributed by atoms with Crippen molar-refractivity contribution in [3.05, 3.63) is 65.7 Å². The van der Waals surface area contributed by atoms with E-state index in [1.807, 2.05) is 37.4 Å². The summed E-state index contributed by atoms with van der Waals surface area (Å²) >= 11 is 0. The number of hydrogen-bond donors (Lipinski definition) is 3. The second-order valence-electron chi connectivity index (χ2n) is 8.27. The third-order valence-electron chi connectivity index (χ3n) is 5.53. The number of phenols is 2. The van der Waals surface area contributed by atoms with Crippen molar-refractivity contribution in [2.45, 2.75) is 51.7 Å². The molecule has 0 aliphatic carbocycles. The molecule has 1 unspecified atom stereocenters. The first-order valence-corrected chi connectivity index (χ1v) is 11.4. The number of phenolic OH excluding ortho intramolecular Hbond substituents is 2. The molecule has 3 N–H and O–H groups in total. The van der Waals surface area contributed by atoms with Gasteiger partial charge < -0.3 is 19.7 Å². The number of rotatable bonds is 13. The second-order valence-corrected chi connectivity index (χ2v) is 8.27. The Balaban J connectivity index is 1.56. The average Bonchev–Trinajstić information content (AvgIpc) is 2.81. The maximum atomic E-state index is 12.5. The number of fused-ring (bicyclic) bond motifs is 1. The third kappa shape index (κ3) is 7.48. The Morgan fingerprint density at radius 2 is 1.76 bits per heavy atom. The molecule has 1 atom stereocenters. The van der Waals surface area contributed by atoms with Crippen LogP contribution < -0.4 is 10.1 Å². The van der Waals surface area contributed by atoms with Crippen LogP contribution >= 0.6 is 0 Å². The van der Waals surface area contributed by atoms with Crippen molar-refractivity contribution in [2.24, 2.45) is 0 Å². The molecule has 3 aromatic rings. The van der Waals surface area contributed by atoms with Gasteiger partial charge in [-0.3, -0.25) is 10.1 Å². The van der Waals surface area contributed by atoms with Crippen LogP contribution in [0.2, 0.25) is 0 Å². The molecule has 0 aliphatic rings. The number of ketones is 1. The number of ether oxygens (including phenoxy) is 2. The highest BCUT2D eigenvalue weighted by Crippen LogP contribution is 2.29. The highest BCUT2D eigenvalue weighted by molar-refractivity contribution is 5.84. The summed E-state index contributed by atoms with van der Waals surface area (Å²) < 4.78 is 11.6. The zero-order chi connectivity index (χ0) is 23.6. The van der Waals surface area contributed by atoms with Gasteiger partial charge in [0.05, 0.1) is 12.8 Å². The quantitative estimate of drug-likeness (QED) is 0.314. The molecule has 0 amide bonds. The molecule has 3 aromatic carbocycles. The maximum absolute atomic E-state index is 12.5. The topological polar surface area (TPSA) is 88.0 Å². The van der Waals surface area contributed by atoms with Crippen LogP contribution in [0, 0.1) is 0 Å². The standard InChI is InChI=1S/C27H33NO5/c1-3-4-25(33-18-28-2)16-24(30)10-6-19-7-12-26(31)27(14-19)32-17-20-5-8-22-15-23(29)11-9-21(22)13-20/h5,7-9,11-15,25,28-29,31H,3-4,6,10,16-18H2,1-2H3. The van der Waals surface area contributed by atoms with Crippen LogP contribution in [-0.4, -0.2) is 35.9 Å². The fourth-order valence-corrected chi connectivity index (χ4v) is 3.77. The van der Waals surface area contributed by atoms with Crippen LogP contribution in [0.25, 0.3) is 10.8 Å². The summed E-state index contributed by atoms with van der Waals surface area (Å²) in [7, 11) is 1.82. The Morgan fingerprint density at radius 1 is 1.00 bits per heavy atom. The van der Waals surface area contributed by atoms with Crippen molar-refractivity contribution < 1.29 is 24.5 Å². The summed E-state index contributed by atoms with van der Waals surface area (Å²) in [5.74, 6) is 0.867. The van der Waals surface area contributed by atoms with E-state index in [9.17, 15) is 15.0 Å². The summed E-state index contributed by atoms with van der Waals surface area (Å²) in [5.41, 5.74) is 1.89. The van der Waals surface area contributed by atoms with Crippen molar-refractivity contribution in [2.75, 3.05) is 13.8 Å². The first-order valence-electron chi connectivity index (χ1n) is 11.4. The number of hydrogen-bond acceptors (Lipinski definition) is 6. The van der Waals surface area contributed by atoms with Crippen molar-refractivity contribution in [3.8, 4) is 17.2 Å². The average molecular weight is 452 g/mol. The minimum Gasteiger partial charge on any atom is -0.508 e. The van der Waals surface area contributed by atoms with Gasteiger partial charge in [-0.25, -0.2) is 0 Å². The molecule has 3 rings (SSSR count). The van der Waals surface area contributed by atoms with Crippen LogP contribution in [0.15, 0.2) is 54.6 Å². The van der Waals surface area contributed by atoms with Gasteiger partial charge in [0, 0.05) is 12.8 Å². The summed E-state index contributed by atoms with van der Waals surface area (Å²) in [6.07, 6.45) is 3.20. The predicted molar refractivity (Wildman–Crippen MR) is 130 cm³/mol. The van der Waals surface area contributed by atoms with Crippen molar-refractivity contribution in [1.82, 2.24) is 5.32 Å². The van der Waals surface area contributed by atoms with Gasteiger partial charge in [-0.05, 0) is 72.1 Å².